The van der Waals surface area contributed by atoms with Gasteiger partial charge in [-0.05, 0) is 44.4 Å². The minimum Gasteiger partial charge on any atom is -0.511 e. The number of nitrogens with zero attached hydrogens (tertiary/aromatic N) is 1. The van der Waals surface area contributed by atoms with Gasteiger partial charge in [0.05, 0.1) is 16.4 Å². The minimum absolute atomic E-state index is 0.0395. The number of rotatable bonds is 4. The van der Waals surface area contributed by atoms with Crippen LogP contribution in [0.5, 0.6) is 0 Å². The number of allylic oxidation sites excluding steroid dienone is 2. The summed E-state index contributed by atoms with van der Waals surface area (Å²) in [6.07, 6.45) is 1.27. The van der Waals surface area contributed by atoms with Crippen molar-refractivity contribution in [2.75, 3.05) is 12.3 Å². The standard InChI is InChI=1S/C20H24N2O5S/c1-4-21-22-14-8-9-28(26,27)20-11(2)10-13(12(3)17(14)20)19(25)18-15(23)6-5-7-16(18)24/h10,21,23H,4-9H2,1-3H3. The second kappa shape index (κ2) is 7.50. The van der Waals surface area contributed by atoms with Crippen LogP contribution in [0.1, 0.15) is 59.7 Å². The van der Waals surface area contributed by atoms with E-state index in [9.17, 15) is 23.1 Å². The number of carbonyl (C=O) groups excluding carboxylic acids is 2. The van der Waals surface area contributed by atoms with E-state index in [4.69, 9.17) is 0 Å². The van der Waals surface area contributed by atoms with Crippen LogP contribution in [0.3, 0.4) is 0 Å². The number of benzene rings is 1. The summed E-state index contributed by atoms with van der Waals surface area (Å²) in [4.78, 5) is 25.6. The van der Waals surface area contributed by atoms with E-state index in [2.05, 4.69) is 10.5 Å². The number of hydrogen-bond acceptors (Lipinski definition) is 7. The minimum atomic E-state index is -3.49. The number of ketones is 2. The van der Waals surface area contributed by atoms with E-state index >= 15 is 0 Å². The summed E-state index contributed by atoms with van der Waals surface area (Å²) in [7, 11) is -3.49. The number of aryl methyl sites for hydroxylation is 1. The van der Waals surface area contributed by atoms with E-state index < -0.39 is 15.6 Å². The summed E-state index contributed by atoms with van der Waals surface area (Å²) in [5.74, 6) is -1.17. The van der Waals surface area contributed by atoms with Crippen LogP contribution in [0, 0.1) is 13.8 Å². The molecule has 2 aliphatic rings. The maximum Gasteiger partial charge on any atom is 0.200 e. The Bertz CT molecular complexity index is 1040. The van der Waals surface area contributed by atoms with Crippen LogP contribution in [0.25, 0.3) is 0 Å². The van der Waals surface area contributed by atoms with Crippen LogP contribution in [-0.4, -0.2) is 43.1 Å². The molecule has 1 heterocycles. The largest absolute Gasteiger partial charge is 0.511 e. The van der Waals surface area contributed by atoms with Gasteiger partial charge in [0.2, 0.25) is 0 Å². The van der Waals surface area contributed by atoms with Gasteiger partial charge in [0.15, 0.2) is 21.4 Å². The number of sulfone groups is 1. The first-order chi connectivity index (χ1) is 13.2. The average Bonchev–Trinajstić information content (AvgIpc) is 2.62. The molecule has 0 amide bonds. The smallest absolute Gasteiger partial charge is 0.200 e. The molecular weight excluding hydrogens is 380 g/mol. The highest BCUT2D eigenvalue weighted by Gasteiger charge is 2.35. The number of aliphatic hydroxyl groups excluding tert-OH is 1. The zero-order valence-electron chi connectivity index (χ0n) is 16.3. The van der Waals surface area contributed by atoms with Gasteiger partial charge in [-0.1, -0.05) is 0 Å². The summed E-state index contributed by atoms with van der Waals surface area (Å²) < 4.78 is 25.4. The molecule has 0 unspecified atom stereocenters. The molecule has 7 nitrogen and oxygen atoms in total. The quantitative estimate of drug-likeness (QED) is 0.453. The Morgan fingerprint density at radius 3 is 2.61 bits per heavy atom. The van der Waals surface area contributed by atoms with Crippen molar-refractivity contribution in [1.82, 2.24) is 5.43 Å². The Morgan fingerprint density at radius 1 is 1.25 bits per heavy atom. The lowest BCUT2D eigenvalue weighted by Gasteiger charge is -2.24. The van der Waals surface area contributed by atoms with Crippen LogP contribution in [0.15, 0.2) is 27.4 Å². The molecule has 2 N–H and O–H groups in total. The number of carbonyl (C=O) groups is 2. The van der Waals surface area contributed by atoms with Crippen LogP contribution in [0.2, 0.25) is 0 Å². The molecular formula is C20H24N2O5S. The van der Waals surface area contributed by atoms with Crippen molar-refractivity contribution in [1.29, 1.82) is 0 Å². The number of hydrogen-bond donors (Lipinski definition) is 2. The maximum atomic E-state index is 13.1. The fourth-order valence-electron chi connectivity index (χ4n) is 3.84. The van der Waals surface area contributed by atoms with E-state index in [0.29, 0.717) is 35.4 Å². The van der Waals surface area contributed by atoms with Crippen LogP contribution < -0.4 is 5.43 Å². The number of fused-ring (bicyclic) bond motifs is 1. The third-order valence-electron chi connectivity index (χ3n) is 5.16. The lowest BCUT2D eigenvalue weighted by Crippen LogP contribution is -2.28. The molecule has 0 radical (unpaired) electrons. The Labute approximate surface area is 164 Å². The molecule has 0 spiro atoms. The predicted octanol–water partition coefficient (Wildman–Crippen LogP) is 2.54. The lowest BCUT2D eigenvalue weighted by molar-refractivity contribution is -0.116. The van der Waals surface area contributed by atoms with Crippen molar-refractivity contribution in [2.45, 2.75) is 51.3 Å². The molecule has 28 heavy (non-hydrogen) atoms. The SMILES string of the molecule is CCNN=C1CCS(=O)(=O)c2c(C)cc(C(=O)C3=C(O)CCCC3=O)c(C)c21. The lowest BCUT2D eigenvalue weighted by atomic mass is 9.86. The van der Waals surface area contributed by atoms with Crippen LogP contribution in [-0.2, 0) is 14.6 Å². The van der Waals surface area contributed by atoms with Crippen molar-refractivity contribution < 1.29 is 23.1 Å². The van der Waals surface area contributed by atoms with Crippen molar-refractivity contribution in [3.8, 4) is 0 Å². The second-order valence-electron chi connectivity index (χ2n) is 7.14. The van der Waals surface area contributed by atoms with Gasteiger partial charge in [-0.25, -0.2) is 8.42 Å². The zero-order valence-corrected chi connectivity index (χ0v) is 17.1. The Morgan fingerprint density at radius 2 is 1.96 bits per heavy atom. The van der Waals surface area contributed by atoms with Crippen molar-refractivity contribution in [2.24, 2.45) is 5.10 Å². The summed E-state index contributed by atoms with van der Waals surface area (Å²) in [6, 6.07) is 1.51. The van der Waals surface area contributed by atoms with E-state index in [1.807, 2.05) is 6.92 Å². The van der Waals surface area contributed by atoms with Gasteiger partial charge in [-0.15, -0.1) is 0 Å². The number of Topliss-reactive ketones (excluding diaryl/α,β-unsaturated/α-hetero) is 2. The van der Waals surface area contributed by atoms with Crippen LogP contribution >= 0.6 is 0 Å². The molecule has 8 heteroatoms. The van der Waals surface area contributed by atoms with Crippen molar-refractivity contribution >= 4 is 27.1 Å². The fraction of sp³-hybridized carbons (Fsp3) is 0.450. The summed E-state index contributed by atoms with van der Waals surface area (Å²) in [5.41, 5.74) is 4.82. The monoisotopic (exact) mass is 404 g/mol. The first kappa shape index (κ1) is 20.3. The third kappa shape index (κ3) is 3.37. The van der Waals surface area contributed by atoms with Gasteiger partial charge in [-0.3, -0.25) is 9.59 Å². The van der Waals surface area contributed by atoms with Gasteiger partial charge < -0.3 is 10.5 Å². The van der Waals surface area contributed by atoms with Gasteiger partial charge >= 0.3 is 0 Å². The Balaban J connectivity index is 2.26. The molecule has 150 valence electrons. The van der Waals surface area contributed by atoms with Gasteiger partial charge in [0, 0.05) is 36.9 Å². The Kier molecular flexibility index (Phi) is 5.43. The van der Waals surface area contributed by atoms with E-state index in [1.165, 1.54) is 6.07 Å². The van der Waals surface area contributed by atoms with E-state index in [0.717, 1.165) is 0 Å². The highest BCUT2D eigenvalue weighted by atomic mass is 32.2. The van der Waals surface area contributed by atoms with Crippen molar-refractivity contribution in [3.63, 3.8) is 0 Å². The molecule has 0 aromatic heterocycles. The molecule has 1 aliphatic carbocycles. The summed E-state index contributed by atoms with van der Waals surface area (Å²) in [5, 5.41) is 14.4. The summed E-state index contributed by atoms with van der Waals surface area (Å²) >= 11 is 0. The third-order valence-corrected chi connectivity index (χ3v) is 7.05. The molecule has 0 saturated carbocycles. The first-order valence-corrected chi connectivity index (χ1v) is 11.0. The summed E-state index contributed by atoms with van der Waals surface area (Å²) in [6.45, 7) is 5.77. The molecule has 1 aromatic rings. The second-order valence-corrected chi connectivity index (χ2v) is 9.18. The molecule has 1 aliphatic heterocycles. The molecule has 1 aromatic carbocycles. The highest BCUT2D eigenvalue weighted by molar-refractivity contribution is 7.91. The molecule has 0 saturated heterocycles. The number of nitrogens with one attached hydrogen (secondary N) is 1. The van der Waals surface area contributed by atoms with Gasteiger partial charge in [0.25, 0.3) is 0 Å². The van der Waals surface area contributed by atoms with E-state index in [1.54, 1.807) is 13.8 Å². The van der Waals surface area contributed by atoms with Crippen molar-refractivity contribution in [3.05, 3.63) is 39.7 Å². The molecule has 3 rings (SSSR count). The van der Waals surface area contributed by atoms with Gasteiger partial charge in [-0.2, -0.15) is 5.10 Å². The zero-order chi connectivity index (χ0) is 20.6. The molecule has 0 atom stereocenters. The topological polar surface area (TPSA) is 113 Å². The maximum absolute atomic E-state index is 13.1. The highest BCUT2D eigenvalue weighted by Crippen LogP contribution is 2.35. The fourth-order valence-corrected chi connectivity index (χ4v) is 5.64. The number of aliphatic hydroxyl groups is 1. The van der Waals surface area contributed by atoms with E-state index in [-0.39, 0.29) is 52.6 Å². The average molecular weight is 404 g/mol. The van der Waals surface area contributed by atoms with Crippen LogP contribution in [0.4, 0.5) is 0 Å². The Hall–Kier alpha value is -2.48. The predicted molar refractivity (Wildman–Crippen MR) is 106 cm³/mol. The normalized spacial score (nSPS) is 20.2. The van der Waals surface area contributed by atoms with Gasteiger partial charge in [0.1, 0.15) is 11.3 Å². The number of hydrazone groups is 1. The molecule has 0 fully saturated rings. The first-order valence-electron chi connectivity index (χ1n) is 9.35. The molecule has 0 bridgehead atoms.